The lowest BCUT2D eigenvalue weighted by atomic mass is 10.1. The van der Waals surface area contributed by atoms with Crippen LogP contribution < -0.4 is 10.2 Å². The number of pyridine rings is 1. The SMILES string of the molecule is Cc1cc(Nc2ccc(N(C)C)cc2)c2cc(C(=O)O)ccc2n1.Cl. The van der Waals surface area contributed by atoms with Gasteiger partial charge in [-0.2, -0.15) is 0 Å². The van der Waals surface area contributed by atoms with Crippen LogP contribution in [0.2, 0.25) is 0 Å². The third kappa shape index (κ3) is 4.00. The standard InChI is InChI=1S/C19H19N3O2.ClH/c1-12-10-18(21-14-5-7-15(8-6-14)22(2)3)16-11-13(19(23)24)4-9-17(16)20-12;/h4-11H,1-3H3,(H,20,21)(H,23,24);1H. The summed E-state index contributed by atoms with van der Waals surface area (Å²) in [7, 11) is 3.99. The highest BCUT2D eigenvalue weighted by Crippen LogP contribution is 2.28. The van der Waals surface area contributed by atoms with Crippen molar-refractivity contribution in [3.63, 3.8) is 0 Å². The smallest absolute Gasteiger partial charge is 0.335 e. The second-order valence-corrected chi connectivity index (χ2v) is 5.91. The number of halogens is 1. The van der Waals surface area contributed by atoms with Gasteiger partial charge >= 0.3 is 5.97 Å². The van der Waals surface area contributed by atoms with E-state index in [1.165, 1.54) is 0 Å². The molecule has 3 aromatic rings. The van der Waals surface area contributed by atoms with Gasteiger partial charge in [-0.3, -0.25) is 4.98 Å². The number of hydrogen-bond acceptors (Lipinski definition) is 4. The zero-order valence-electron chi connectivity index (χ0n) is 14.3. The Hall–Kier alpha value is -2.79. The van der Waals surface area contributed by atoms with Gasteiger partial charge in [-0.05, 0) is 55.5 Å². The predicted molar refractivity (Wildman–Crippen MR) is 105 cm³/mol. The van der Waals surface area contributed by atoms with Crippen molar-refractivity contribution in [2.45, 2.75) is 6.92 Å². The monoisotopic (exact) mass is 357 g/mol. The molecule has 0 saturated heterocycles. The van der Waals surface area contributed by atoms with E-state index in [2.05, 4.69) is 10.3 Å². The van der Waals surface area contributed by atoms with Gasteiger partial charge in [0.1, 0.15) is 0 Å². The molecule has 0 aliphatic rings. The first-order chi connectivity index (χ1) is 11.4. The summed E-state index contributed by atoms with van der Waals surface area (Å²) >= 11 is 0. The summed E-state index contributed by atoms with van der Waals surface area (Å²) in [5.74, 6) is -0.946. The molecule has 3 rings (SSSR count). The summed E-state index contributed by atoms with van der Waals surface area (Å²) < 4.78 is 0. The van der Waals surface area contributed by atoms with Crippen molar-refractivity contribution in [3.05, 3.63) is 59.8 Å². The topological polar surface area (TPSA) is 65.5 Å². The number of aryl methyl sites for hydroxylation is 1. The van der Waals surface area contributed by atoms with Gasteiger partial charge in [0.25, 0.3) is 0 Å². The fraction of sp³-hybridized carbons (Fsp3) is 0.158. The van der Waals surface area contributed by atoms with E-state index in [0.717, 1.165) is 33.7 Å². The van der Waals surface area contributed by atoms with Gasteiger partial charge in [-0.15, -0.1) is 12.4 Å². The number of anilines is 3. The maximum Gasteiger partial charge on any atom is 0.335 e. The number of hydrogen-bond donors (Lipinski definition) is 2. The summed E-state index contributed by atoms with van der Waals surface area (Å²) in [4.78, 5) is 17.7. The van der Waals surface area contributed by atoms with Crippen LogP contribution in [0, 0.1) is 6.92 Å². The Kier molecular flexibility index (Phi) is 5.49. The maximum atomic E-state index is 11.2. The Morgan fingerprint density at radius 3 is 2.36 bits per heavy atom. The lowest BCUT2D eigenvalue weighted by molar-refractivity contribution is 0.0697. The van der Waals surface area contributed by atoms with Crippen molar-refractivity contribution < 1.29 is 9.90 Å². The highest BCUT2D eigenvalue weighted by atomic mass is 35.5. The van der Waals surface area contributed by atoms with Crippen LogP contribution in [0.1, 0.15) is 16.1 Å². The molecule has 2 N–H and O–H groups in total. The van der Waals surface area contributed by atoms with Gasteiger partial charge in [-0.25, -0.2) is 4.79 Å². The van der Waals surface area contributed by atoms with E-state index in [-0.39, 0.29) is 18.0 Å². The van der Waals surface area contributed by atoms with Crippen molar-refractivity contribution in [1.29, 1.82) is 0 Å². The van der Waals surface area contributed by atoms with Crippen LogP contribution in [0.15, 0.2) is 48.5 Å². The van der Waals surface area contributed by atoms with Crippen LogP contribution in [0.3, 0.4) is 0 Å². The van der Waals surface area contributed by atoms with Crippen LogP contribution in [0.5, 0.6) is 0 Å². The molecule has 0 saturated carbocycles. The number of carboxylic acids is 1. The third-order valence-corrected chi connectivity index (χ3v) is 3.85. The van der Waals surface area contributed by atoms with E-state index in [1.54, 1.807) is 18.2 Å². The molecule has 5 nitrogen and oxygen atoms in total. The second kappa shape index (κ2) is 7.40. The normalized spacial score (nSPS) is 10.2. The maximum absolute atomic E-state index is 11.2. The lowest BCUT2D eigenvalue weighted by Crippen LogP contribution is -2.08. The van der Waals surface area contributed by atoms with E-state index in [4.69, 9.17) is 0 Å². The quantitative estimate of drug-likeness (QED) is 0.721. The number of nitrogens with one attached hydrogen (secondary N) is 1. The average Bonchev–Trinajstić information content (AvgIpc) is 2.54. The van der Waals surface area contributed by atoms with Crippen LogP contribution in [0.25, 0.3) is 10.9 Å². The Balaban J connectivity index is 0.00000225. The minimum absolute atomic E-state index is 0. The summed E-state index contributed by atoms with van der Waals surface area (Å²) in [6.45, 7) is 1.92. The van der Waals surface area contributed by atoms with Crippen LogP contribution in [-0.4, -0.2) is 30.2 Å². The molecule has 0 unspecified atom stereocenters. The molecular formula is C19H20ClN3O2. The van der Waals surface area contributed by atoms with Gasteiger partial charge < -0.3 is 15.3 Å². The van der Waals surface area contributed by atoms with Gasteiger partial charge in [-0.1, -0.05) is 0 Å². The lowest BCUT2D eigenvalue weighted by Gasteiger charge is -2.15. The second-order valence-electron chi connectivity index (χ2n) is 5.91. The first-order valence-electron chi connectivity index (χ1n) is 7.63. The highest BCUT2D eigenvalue weighted by molar-refractivity contribution is 5.99. The molecule has 130 valence electrons. The largest absolute Gasteiger partial charge is 0.478 e. The fourth-order valence-corrected chi connectivity index (χ4v) is 2.59. The first-order valence-corrected chi connectivity index (χ1v) is 7.63. The number of rotatable bonds is 4. The predicted octanol–water partition coefficient (Wildman–Crippen LogP) is 4.47. The van der Waals surface area contributed by atoms with Crippen molar-refractivity contribution in [2.75, 3.05) is 24.3 Å². The summed E-state index contributed by atoms with van der Waals surface area (Å²) in [5.41, 5.74) is 4.79. The van der Waals surface area contributed by atoms with Crippen LogP contribution in [0.4, 0.5) is 17.1 Å². The number of carboxylic acid groups (broad SMARTS) is 1. The van der Waals surface area contributed by atoms with Gasteiger partial charge in [0, 0.05) is 42.2 Å². The van der Waals surface area contributed by atoms with Crippen molar-refractivity contribution in [3.8, 4) is 0 Å². The number of carbonyl (C=O) groups is 1. The summed E-state index contributed by atoms with van der Waals surface area (Å²) in [6.07, 6.45) is 0. The molecule has 0 fully saturated rings. The summed E-state index contributed by atoms with van der Waals surface area (Å²) in [6, 6.07) is 15.0. The fourth-order valence-electron chi connectivity index (χ4n) is 2.59. The summed E-state index contributed by atoms with van der Waals surface area (Å²) in [5, 5.41) is 13.4. The molecule has 0 spiro atoms. The van der Waals surface area contributed by atoms with E-state index in [9.17, 15) is 9.90 Å². The molecule has 0 aliphatic carbocycles. The van der Waals surface area contributed by atoms with Gasteiger partial charge in [0.2, 0.25) is 0 Å². The van der Waals surface area contributed by atoms with Crippen molar-refractivity contribution in [1.82, 2.24) is 4.98 Å². The minimum Gasteiger partial charge on any atom is -0.478 e. The number of benzene rings is 2. The number of nitrogens with zero attached hydrogens (tertiary/aromatic N) is 2. The van der Waals surface area contributed by atoms with Crippen LogP contribution in [-0.2, 0) is 0 Å². The van der Waals surface area contributed by atoms with E-state index >= 15 is 0 Å². The molecule has 2 aromatic carbocycles. The Bertz CT molecular complexity index is 908. The number of aromatic carboxylic acids is 1. The molecule has 1 heterocycles. The molecule has 25 heavy (non-hydrogen) atoms. The molecule has 0 radical (unpaired) electrons. The van der Waals surface area contributed by atoms with Crippen molar-refractivity contribution >= 4 is 46.3 Å². The first kappa shape index (κ1) is 18.5. The van der Waals surface area contributed by atoms with Crippen LogP contribution >= 0.6 is 12.4 Å². The van der Waals surface area contributed by atoms with E-state index in [0.29, 0.717) is 0 Å². The van der Waals surface area contributed by atoms with E-state index < -0.39 is 5.97 Å². The highest BCUT2D eigenvalue weighted by Gasteiger charge is 2.09. The van der Waals surface area contributed by atoms with Gasteiger partial charge in [0.05, 0.1) is 11.1 Å². The zero-order chi connectivity index (χ0) is 17.3. The zero-order valence-corrected chi connectivity index (χ0v) is 15.1. The molecule has 0 bridgehead atoms. The Labute approximate surface area is 152 Å². The molecule has 1 aromatic heterocycles. The molecule has 0 amide bonds. The van der Waals surface area contributed by atoms with Crippen molar-refractivity contribution in [2.24, 2.45) is 0 Å². The molecule has 6 heteroatoms. The molecular weight excluding hydrogens is 338 g/mol. The number of aromatic nitrogens is 1. The minimum atomic E-state index is -0.946. The number of fused-ring (bicyclic) bond motifs is 1. The Morgan fingerprint density at radius 1 is 1.08 bits per heavy atom. The average molecular weight is 358 g/mol. The van der Waals surface area contributed by atoms with Gasteiger partial charge in [0.15, 0.2) is 0 Å². The molecule has 0 aliphatic heterocycles. The molecule has 0 atom stereocenters. The Morgan fingerprint density at radius 2 is 1.76 bits per heavy atom. The van der Waals surface area contributed by atoms with E-state index in [1.807, 2.05) is 56.3 Å². The third-order valence-electron chi connectivity index (χ3n) is 3.85.